The molecule has 1 N–H and O–H groups in total. The van der Waals surface area contributed by atoms with Gasteiger partial charge in [-0.15, -0.1) is 0 Å². The molecular formula is C17H33N3. The average Bonchev–Trinajstić information content (AvgIpc) is 2.82. The van der Waals surface area contributed by atoms with Gasteiger partial charge in [0.25, 0.3) is 0 Å². The zero-order valence-corrected chi connectivity index (χ0v) is 13.5. The zero-order valence-electron chi connectivity index (χ0n) is 13.5. The summed E-state index contributed by atoms with van der Waals surface area (Å²) in [6.45, 7) is 6.13. The number of rotatable bonds is 5. The van der Waals surface area contributed by atoms with Crippen LogP contribution in [-0.2, 0) is 0 Å². The highest BCUT2D eigenvalue weighted by molar-refractivity contribution is 4.97. The van der Waals surface area contributed by atoms with Crippen molar-refractivity contribution < 1.29 is 0 Å². The van der Waals surface area contributed by atoms with E-state index in [1.54, 1.807) is 0 Å². The van der Waals surface area contributed by atoms with Crippen molar-refractivity contribution in [2.24, 2.45) is 0 Å². The van der Waals surface area contributed by atoms with Crippen LogP contribution in [0.25, 0.3) is 0 Å². The third kappa shape index (κ3) is 3.20. The number of likely N-dealkylation sites (tertiary alicyclic amines) is 1. The number of hydrogen-bond donors (Lipinski definition) is 1. The van der Waals surface area contributed by atoms with Crippen molar-refractivity contribution in [1.82, 2.24) is 15.1 Å². The van der Waals surface area contributed by atoms with E-state index in [1.807, 2.05) is 0 Å². The van der Waals surface area contributed by atoms with Gasteiger partial charge in [-0.1, -0.05) is 13.3 Å². The Bertz CT molecular complexity index is 293. The molecule has 0 saturated carbocycles. The molecule has 3 aliphatic rings. The zero-order chi connectivity index (χ0) is 13.9. The van der Waals surface area contributed by atoms with Crippen LogP contribution in [0.2, 0.25) is 0 Å². The fraction of sp³-hybridized carbons (Fsp3) is 1.00. The second-order valence-corrected chi connectivity index (χ2v) is 7.33. The topological polar surface area (TPSA) is 18.5 Å². The van der Waals surface area contributed by atoms with E-state index in [4.69, 9.17) is 0 Å². The van der Waals surface area contributed by atoms with Crippen LogP contribution in [0.4, 0.5) is 0 Å². The maximum Gasteiger partial charge on any atom is 0.0220 e. The first kappa shape index (κ1) is 14.8. The highest BCUT2D eigenvalue weighted by Crippen LogP contribution is 2.35. The molecule has 3 heteroatoms. The Hall–Kier alpha value is -0.120. The summed E-state index contributed by atoms with van der Waals surface area (Å²) in [6.07, 6.45) is 11.2. The lowest BCUT2D eigenvalue weighted by Crippen LogP contribution is -2.58. The van der Waals surface area contributed by atoms with Gasteiger partial charge >= 0.3 is 0 Å². The summed E-state index contributed by atoms with van der Waals surface area (Å²) in [6, 6.07) is 3.36. The number of hydrogen-bond acceptors (Lipinski definition) is 3. The Kier molecular flexibility index (Phi) is 5.00. The molecule has 0 radical (unpaired) electrons. The summed E-state index contributed by atoms with van der Waals surface area (Å²) < 4.78 is 0. The summed E-state index contributed by atoms with van der Waals surface area (Å²) in [5.41, 5.74) is 0. The van der Waals surface area contributed by atoms with Crippen molar-refractivity contribution >= 4 is 0 Å². The average molecular weight is 279 g/mol. The molecule has 3 aliphatic heterocycles. The SMILES string of the molecule is CCCNC1CC2CCCC(C1)N2CC1CCCN1C. The molecule has 0 aromatic rings. The summed E-state index contributed by atoms with van der Waals surface area (Å²) in [7, 11) is 2.32. The fourth-order valence-corrected chi connectivity index (χ4v) is 4.75. The number of piperidine rings is 2. The highest BCUT2D eigenvalue weighted by Gasteiger charge is 2.39. The van der Waals surface area contributed by atoms with Crippen LogP contribution in [0.15, 0.2) is 0 Å². The largest absolute Gasteiger partial charge is 0.314 e. The minimum atomic E-state index is 0.794. The van der Waals surface area contributed by atoms with Crippen LogP contribution in [-0.4, -0.2) is 60.6 Å². The monoisotopic (exact) mass is 279 g/mol. The predicted octanol–water partition coefficient (Wildman–Crippen LogP) is 2.47. The Morgan fingerprint density at radius 2 is 1.80 bits per heavy atom. The third-order valence-electron chi connectivity index (χ3n) is 5.90. The first-order chi connectivity index (χ1) is 9.78. The summed E-state index contributed by atoms with van der Waals surface area (Å²) >= 11 is 0. The molecule has 0 aromatic carbocycles. The normalized spacial score (nSPS) is 39.3. The van der Waals surface area contributed by atoms with Crippen LogP contribution >= 0.6 is 0 Å². The maximum atomic E-state index is 3.79. The van der Waals surface area contributed by atoms with Crippen molar-refractivity contribution in [3.05, 3.63) is 0 Å². The first-order valence-electron chi connectivity index (χ1n) is 8.97. The van der Waals surface area contributed by atoms with E-state index in [2.05, 4.69) is 29.1 Å². The Labute approximate surface area is 125 Å². The van der Waals surface area contributed by atoms with E-state index in [9.17, 15) is 0 Å². The van der Waals surface area contributed by atoms with Gasteiger partial charge in [0.05, 0.1) is 0 Å². The molecule has 3 nitrogen and oxygen atoms in total. The first-order valence-corrected chi connectivity index (χ1v) is 8.97. The van der Waals surface area contributed by atoms with Gasteiger partial charge in [-0.25, -0.2) is 0 Å². The van der Waals surface area contributed by atoms with Crippen LogP contribution in [0.5, 0.6) is 0 Å². The predicted molar refractivity (Wildman–Crippen MR) is 85.1 cm³/mol. The summed E-state index contributed by atoms with van der Waals surface area (Å²) in [5.74, 6) is 0. The molecule has 0 aliphatic carbocycles. The fourth-order valence-electron chi connectivity index (χ4n) is 4.75. The van der Waals surface area contributed by atoms with Crippen molar-refractivity contribution in [1.29, 1.82) is 0 Å². The third-order valence-corrected chi connectivity index (χ3v) is 5.90. The lowest BCUT2D eigenvalue weighted by Gasteiger charge is -2.50. The van der Waals surface area contributed by atoms with Crippen LogP contribution in [0.1, 0.15) is 58.3 Å². The summed E-state index contributed by atoms with van der Waals surface area (Å²) in [5, 5.41) is 3.79. The van der Waals surface area contributed by atoms with Gasteiger partial charge in [-0.05, 0) is 65.1 Å². The van der Waals surface area contributed by atoms with Gasteiger partial charge in [0.15, 0.2) is 0 Å². The number of fused-ring (bicyclic) bond motifs is 2. The Morgan fingerprint density at radius 3 is 2.40 bits per heavy atom. The van der Waals surface area contributed by atoms with Gasteiger partial charge in [-0.3, -0.25) is 4.90 Å². The molecule has 3 atom stereocenters. The molecule has 3 unspecified atom stereocenters. The molecule has 0 aromatic heterocycles. The van der Waals surface area contributed by atoms with E-state index < -0.39 is 0 Å². The summed E-state index contributed by atoms with van der Waals surface area (Å²) in [4.78, 5) is 5.50. The molecule has 3 fully saturated rings. The Morgan fingerprint density at radius 1 is 1.05 bits per heavy atom. The van der Waals surface area contributed by atoms with Gasteiger partial charge in [-0.2, -0.15) is 0 Å². The quantitative estimate of drug-likeness (QED) is 0.834. The lowest BCUT2D eigenvalue weighted by molar-refractivity contribution is 0.00933. The second kappa shape index (κ2) is 6.76. The van der Waals surface area contributed by atoms with Gasteiger partial charge in [0, 0.05) is 30.7 Å². The molecular weight excluding hydrogens is 246 g/mol. The molecule has 3 saturated heterocycles. The molecule has 0 spiro atoms. The Balaban J connectivity index is 1.58. The molecule has 20 heavy (non-hydrogen) atoms. The lowest BCUT2D eigenvalue weighted by atomic mass is 9.81. The van der Waals surface area contributed by atoms with E-state index in [1.165, 1.54) is 71.0 Å². The van der Waals surface area contributed by atoms with Crippen LogP contribution in [0.3, 0.4) is 0 Å². The van der Waals surface area contributed by atoms with E-state index in [0.29, 0.717) is 0 Å². The minimum absolute atomic E-state index is 0.794. The van der Waals surface area contributed by atoms with E-state index >= 15 is 0 Å². The van der Waals surface area contributed by atoms with Crippen molar-refractivity contribution in [3.8, 4) is 0 Å². The van der Waals surface area contributed by atoms with Crippen molar-refractivity contribution in [2.75, 3.05) is 26.7 Å². The smallest absolute Gasteiger partial charge is 0.0220 e. The molecule has 3 heterocycles. The van der Waals surface area contributed by atoms with E-state index in [-0.39, 0.29) is 0 Å². The van der Waals surface area contributed by atoms with Crippen molar-refractivity contribution in [3.63, 3.8) is 0 Å². The molecule has 2 bridgehead atoms. The standard InChI is InChI=1S/C17H33N3/c1-3-9-18-14-11-15-6-4-7-16(12-14)20(15)13-17-8-5-10-19(17)2/h14-18H,3-13H2,1-2H3. The van der Waals surface area contributed by atoms with Crippen molar-refractivity contribution in [2.45, 2.75) is 82.5 Å². The van der Waals surface area contributed by atoms with Gasteiger partial charge < -0.3 is 10.2 Å². The molecule has 0 amide bonds. The van der Waals surface area contributed by atoms with Crippen LogP contribution in [0, 0.1) is 0 Å². The maximum absolute atomic E-state index is 3.79. The van der Waals surface area contributed by atoms with Gasteiger partial charge in [0.1, 0.15) is 0 Å². The minimum Gasteiger partial charge on any atom is -0.314 e. The van der Waals surface area contributed by atoms with E-state index in [0.717, 1.165) is 24.2 Å². The number of nitrogens with one attached hydrogen (secondary N) is 1. The van der Waals surface area contributed by atoms with Crippen LogP contribution < -0.4 is 5.32 Å². The highest BCUT2D eigenvalue weighted by atomic mass is 15.3. The van der Waals surface area contributed by atoms with Gasteiger partial charge in [0.2, 0.25) is 0 Å². The second-order valence-electron chi connectivity index (χ2n) is 7.33. The molecule has 3 rings (SSSR count). The number of nitrogens with zero attached hydrogens (tertiary/aromatic N) is 2. The number of likely N-dealkylation sites (N-methyl/N-ethyl adjacent to an activating group) is 1. The molecule has 116 valence electrons.